The third-order valence-electron chi connectivity index (χ3n) is 4.91. The second kappa shape index (κ2) is 10.1. The summed E-state index contributed by atoms with van der Waals surface area (Å²) in [6, 6.07) is 8.60. The van der Waals surface area contributed by atoms with Crippen molar-refractivity contribution in [3.63, 3.8) is 0 Å². The summed E-state index contributed by atoms with van der Waals surface area (Å²) in [5.74, 6) is 0.781. The Labute approximate surface area is 164 Å². The molecule has 152 valence electrons. The van der Waals surface area contributed by atoms with Gasteiger partial charge in [0.15, 0.2) is 5.96 Å². The lowest BCUT2D eigenvalue weighted by molar-refractivity contribution is -0.0705. The van der Waals surface area contributed by atoms with Gasteiger partial charge in [-0.1, -0.05) is 24.3 Å². The SMILES string of the molecule is CN=C(NCc1ccccc1CN1CC(C)OC(C)C1)NCC(C)(C)OC. The molecule has 0 bridgehead atoms. The molecule has 0 saturated carbocycles. The summed E-state index contributed by atoms with van der Waals surface area (Å²) in [4.78, 5) is 6.80. The normalized spacial score (nSPS) is 21.9. The first-order chi connectivity index (χ1) is 12.8. The van der Waals surface area contributed by atoms with Crippen LogP contribution in [-0.2, 0) is 22.6 Å². The van der Waals surface area contributed by atoms with Crippen LogP contribution in [0.1, 0.15) is 38.8 Å². The van der Waals surface area contributed by atoms with Crippen molar-refractivity contribution >= 4 is 5.96 Å². The number of guanidine groups is 1. The number of hydrogen-bond acceptors (Lipinski definition) is 4. The fourth-order valence-corrected chi connectivity index (χ4v) is 3.31. The lowest BCUT2D eigenvalue weighted by Crippen LogP contribution is -2.45. The van der Waals surface area contributed by atoms with Gasteiger partial charge in [0, 0.05) is 46.9 Å². The van der Waals surface area contributed by atoms with E-state index in [0.29, 0.717) is 6.54 Å². The number of benzene rings is 1. The minimum atomic E-state index is -0.237. The molecule has 2 atom stereocenters. The maximum atomic E-state index is 5.85. The van der Waals surface area contributed by atoms with Crippen LogP contribution in [0.2, 0.25) is 0 Å². The lowest BCUT2D eigenvalue weighted by atomic mass is 10.1. The van der Waals surface area contributed by atoms with Crippen molar-refractivity contribution in [1.29, 1.82) is 0 Å². The number of morpholine rings is 1. The molecule has 0 aromatic heterocycles. The number of nitrogens with zero attached hydrogens (tertiary/aromatic N) is 2. The van der Waals surface area contributed by atoms with Gasteiger partial charge in [-0.3, -0.25) is 9.89 Å². The summed E-state index contributed by atoms with van der Waals surface area (Å²) in [5, 5.41) is 6.75. The molecule has 2 N–H and O–H groups in total. The van der Waals surface area contributed by atoms with Gasteiger partial charge in [0.25, 0.3) is 0 Å². The molecule has 1 aromatic rings. The first-order valence-corrected chi connectivity index (χ1v) is 9.77. The number of hydrogen-bond donors (Lipinski definition) is 2. The number of rotatable bonds is 7. The Bertz CT molecular complexity index is 608. The first kappa shape index (κ1) is 21.7. The summed E-state index contributed by atoms with van der Waals surface area (Å²) in [7, 11) is 3.51. The Morgan fingerprint density at radius 2 is 1.81 bits per heavy atom. The second-order valence-electron chi connectivity index (χ2n) is 7.96. The Hall–Kier alpha value is -1.63. The predicted octanol–water partition coefficient (Wildman–Crippen LogP) is 2.39. The quantitative estimate of drug-likeness (QED) is 0.565. The zero-order chi connectivity index (χ0) is 19.9. The monoisotopic (exact) mass is 376 g/mol. The van der Waals surface area contributed by atoms with E-state index in [4.69, 9.17) is 9.47 Å². The lowest BCUT2D eigenvalue weighted by Gasteiger charge is -2.35. The van der Waals surface area contributed by atoms with Crippen molar-refractivity contribution in [3.05, 3.63) is 35.4 Å². The van der Waals surface area contributed by atoms with Gasteiger partial charge < -0.3 is 20.1 Å². The molecular weight excluding hydrogens is 340 g/mol. The molecule has 1 saturated heterocycles. The van der Waals surface area contributed by atoms with Crippen LogP contribution in [0.15, 0.2) is 29.3 Å². The topological polar surface area (TPSA) is 58.1 Å². The molecule has 27 heavy (non-hydrogen) atoms. The minimum Gasteiger partial charge on any atom is -0.377 e. The molecule has 1 aromatic carbocycles. The molecule has 0 amide bonds. The smallest absolute Gasteiger partial charge is 0.191 e. The van der Waals surface area contributed by atoms with Crippen LogP contribution in [0.4, 0.5) is 0 Å². The van der Waals surface area contributed by atoms with Crippen molar-refractivity contribution < 1.29 is 9.47 Å². The van der Waals surface area contributed by atoms with E-state index in [2.05, 4.69) is 58.6 Å². The summed E-state index contributed by atoms with van der Waals surface area (Å²) in [6.45, 7) is 12.7. The number of methoxy groups -OCH3 is 1. The predicted molar refractivity (Wildman–Crippen MR) is 111 cm³/mol. The Balaban J connectivity index is 1.94. The van der Waals surface area contributed by atoms with Gasteiger partial charge in [-0.05, 0) is 38.8 Å². The minimum absolute atomic E-state index is 0.237. The maximum absolute atomic E-state index is 5.85. The van der Waals surface area contributed by atoms with E-state index in [0.717, 1.165) is 32.1 Å². The zero-order valence-electron chi connectivity index (χ0n) is 17.7. The molecule has 2 unspecified atom stereocenters. The Morgan fingerprint density at radius 3 is 2.41 bits per heavy atom. The average molecular weight is 377 g/mol. The van der Waals surface area contributed by atoms with Gasteiger partial charge in [0.05, 0.1) is 17.8 Å². The number of aliphatic imine (C=N–C) groups is 1. The van der Waals surface area contributed by atoms with Gasteiger partial charge in [-0.15, -0.1) is 0 Å². The van der Waals surface area contributed by atoms with Crippen molar-refractivity contribution in [2.75, 3.05) is 33.8 Å². The molecule has 1 aliphatic heterocycles. The number of ether oxygens (including phenoxy) is 2. The highest BCUT2D eigenvalue weighted by Crippen LogP contribution is 2.17. The van der Waals surface area contributed by atoms with Crippen molar-refractivity contribution in [2.24, 2.45) is 4.99 Å². The van der Waals surface area contributed by atoms with Crippen LogP contribution >= 0.6 is 0 Å². The molecular formula is C21H36N4O2. The molecule has 0 spiro atoms. The van der Waals surface area contributed by atoms with E-state index in [1.807, 2.05) is 13.8 Å². The molecule has 6 heteroatoms. The van der Waals surface area contributed by atoms with E-state index < -0.39 is 0 Å². The van der Waals surface area contributed by atoms with Crippen LogP contribution in [0.25, 0.3) is 0 Å². The number of nitrogens with one attached hydrogen (secondary N) is 2. The van der Waals surface area contributed by atoms with Crippen molar-refractivity contribution in [3.8, 4) is 0 Å². The molecule has 1 aliphatic rings. The second-order valence-corrected chi connectivity index (χ2v) is 7.96. The molecule has 0 aliphatic carbocycles. The summed E-state index contributed by atoms with van der Waals surface area (Å²) in [6.07, 6.45) is 0.567. The van der Waals surface area contributed by atoms with E-state index >= 15 is 0 Å². The van der Waals surface area contributed by atoms with Gasteiger partial charge in [-0.2, -0.15) is 0 Å². The van der Waals surface area contributed by atoms with Crippen molar-refractivity contribution in [2.45, 2.75) is 58.6 Å². The summed E-state index contributed by atoms with van der Waals surface area (Å²) < 4.78 is 11.3. The van der Waals surface area contributed by atoms with Gasteiger partial charge in [-0.25, -0.2) is 0 Å². The van der Waals surface area contributed by atoms with Crippen LogP contribution in [0.3, 0.4) is 0 Å². The van der Waals surface area contributed by atoms with Gasteiger partial charge >= 0.3 is 0 Å². The standard InChI is InChI=1S/C21H36N4O2/c1-16-12-25(13-17(2)27-16)14-19-10-8-7-9-18(19)11-23-20(22-5)24-15-21(3,4)26-6/h7-10,16-17H,11-15H2,1-6H3,(H2,22,23,24). The molecule has 6 nitrogen and oxygen atoms in total. The van der Waals surface area contributed by atoms with Crippen LogP contribution in [-0.4, -0.2) is 62.5 Å². The summed E-state index contributed by atoms with van der Waals surface area (Å²) in [5.41, 5.74) is 2.40. The average Bonchev–Trinajstić information content (AvgIpc) is 2.62. The third-order valence-corrected chi connectivity index (χ3v) is 4.91. The largest absolute Gasteiger partial charge is 0.377 e. The third kappa shape index (κ3) is 7.13. The molecule has 2 rings (SSSR count). The van der Waals surface area contributed by atoms with Gasteiger partial charge in [0.1, 0.15) is 0 Å². The van der Waals surface area contributed by atoms with E-state index in [9.17, 15) is 0 Å². The van der Waals surface area contributed by atoms with E-state index in [1.165, 1.54) is 11.1 Å². The first-order valence-electron chi connectivity index (χ1n) is 9.77. The molecule has 0 radical (unpaired) electrons. The van der Waals surface area contributed by atoms with Crippen molar-refractivity contribution in [1.82, 2.24) is 15.5 Å². The Morgan fingerprint density at radius 1 is 1.19 bits per heavy atom. The molecule has 1 heterocycles. The van der Waals surface area contributed by atoms with Gasteiger partial charge in [0.2, 0.25) is 0 Å². The highest BCUT2D eigenvalue weighted by Gasteiger charge is 2.22. The summed E-state index contributed by atoms with van der Waals surface area (Å²) >= 11 is 0. The van der Waals surface area contributed by atoms with Crippen LogP contribution in [0.5, 0.6) is 0 Å². The van der Waals surface area contributed by atoms with Crippen LogP contribution in [0, 0.1) is 0 Å². The maximum Gasteiger partial charge on any atom is 0.191 e. The highest BCUT2D eigenvalue weighted by atomic mass is 16.5. The van der Waals surface area contributed by atoms with E-state index in [1.54, 1.807) is 14.2 Å². The van der Waals surface area contributed by atoms with E-state index in [-0.39, 0.29) is 17.8 Å². The fourth-order valence-electron chi connectivity index (χ4n) is 3.31. The fraction of sp³-hybridized carbons (Fsp3) is 0.667. The highest BCUT2D eigenvalue weighted by molar-refractivity contribution is 5.79. The van der Waals surface area contributed by atoms with Crippen LogP contribution < -0.4 is 10.6 Å². The molecule has 1 fully saturated rings. The zero-order valence-corrected chi connectivity index (χ0v) is 17.7. The Kier molecular flexibility index (Phi) is 8.07.